The zero-order valence-corrected chi connectivity index (χ0v) is 13.9. The molecule has 21 heavy (non-hydrogen) atoms. The van der Waals surface area contributed by atoms with E-state index in [4.69, 9.17) is 5.26 Å². The average Bonchev–Trinajstić information content (AvgIpc) is 2.38. The third kappa shape index (κ3) is 5.49. The van der Waals surface area contributed by atoms with E-state index in [1.54, 1.807) is 24.3 Å². The zero-order chi connectivity index (χ0) is 16.0. The van der Waals surface area contributed by atoms with Crippen LogP contribution in [0.5, 0.6) is 0 Å². The summed E-state index contributed by atoms with van der Waals surface area (Å²) in [4.78, 5) is 0. The number of hydrogen-bond acceptors (Lipinski definition) is 3. The monoisotopic (exact) mass is 308 g/mol. The smallest absolute Gasteiger partial charge is 0.215 e. The lowest BCUT2D eigenvalue weighted by Crippen LogP contribution is -2.34. The van der Waals surface area contributed by atoms with Crippen molar-refractivity contribution in [1.29, 1.82) is 5.26 Å². The average molecular weight is 308 g/mol. The van der Waals surface area contributed by atoms with E-state index in [1.165, 1.54) is 0 Å². The summed E-state index contributed by atoms with van der Waals surface area (Å²) in [6, 6.07) is 8.82. The van der Waals surface area contributed by atoms with Crippen LogP contribution in [0.4, 0.5) is 0 Å². The molecule has 0 aliphatic rings. The molecule has 0 aromatic heterocycles. The molecule has 0 bridgehead atoms. The molecule has 116 valence electrons. The molecule has 0 saturated heterocycles. The minimum atomic E-state index is -3.43. The summed E-state index contributed by atoms with van der Waals surface area (Å²) in [5.41, 5.74) is 0.949. The highest BCUT2D eigenvalue weighted by atomic mass is 32.2. The Labute approximate surface area is 128 Å². The molecule has 4 nitrogen and oxygen atoms in total. The van der Waals surface area contributed by atoms with Gasteiger partial charge in [0.1, 0.15) is 0 Å². The molecule has 0 saturated carbocycles. The molecule has 0 atom stereocenters. The van der Waals surface area contributed by atoms with Gasteiger partial charge in [-0.2, -0.15) is 5.26 Å². The van der Waals surface area contributed by atoms with Gasteiger partial charge in [-0.25, -0.2) is 13.1 Å². The van der Waals surface area contributed by atoms with Crippen molar-refractivity contribution in [3.05, 3.63) is 35.4 Å². The van der Waals surface area contributed by atoms with Crippen LogP contribution in [0, 0.1) is 29.1 Å². The molecule has 0 aliphatic heterocycles. The molecule has 0 unspecified atom stereocenters. The number of rotatable bonds is 7. The summed E-state index contributed by atoms with van der Waals surface area (Å²) in [5, 5.41) is 9.01. The van der Waals surface area contributed by atoms with Crippen LogP contribution in [0.25, 0.3) is 0 Å². The Hall–Kier alpha value is -1.38. The van der Waals surface area contributed by atoms with Crippen LogP contribution in [0.15, 0.2) is 24.3 Å². The van der Waals surface area contributed by atoms with E-state index >= 15 is 0 Å². The predicted molar refractivity (Wildman–Crippen MR) is 84.9 cm³/mol. The standard InChI is InChI=1S/C16H24N2O2S/c1-12(2)16(13(3)4)10-18-21(19,20)11-15-8-6-5-7-14(15)9-17/h5-8,12-13,16,18H,10-11H2,1-4H3. The fourth-order valence-corrected chi connectivity index (χ4v) is 3.68. The van der Waals surface area contributed by atoms with Crippen LogP contribution in [-0.4, -0.2) is 15.0 Å². The number of hydrogen-bond donors (Lipinski definition) is 1. The third-order valence-electron chi connectivity index (χ3n) is 3.73. The Bertz CT molecular complexity index is 593. The van der Waals surface area contributed by atoms with Gasteiger partial charge in [-0.05, 0) is 29.4 Å². The SMILES string of the molecule is CC(C)C(CNS(=O)(=O)Cc1ccccc1C#N)C(C)C. The Balaban J connectivity index is 2.77. The lowest BCUT2D eigenvalue weighted by Gasteiger charge is -2.25. The zero-order valence-electron chi connectivity index (χ0n) is 13.1. The highest BCUT2D eigenvalue weighted by Gasteiger charge is 2.21. The Kier molecular flexibility index (Phi) is 6.38. The van der Waals surface area contributed by atoms with Crippen molar-refractivity contribution < 1.29 is 8.42 Å². The quantitative estimate of drug-likeness (QED) is 0.842. The van der Waals surface area contributed by atoms with Gasteiger partial charge in [-0.15, -0.1) is 0 Å². The first-order chi connectivity index (χ1) is 9.76. The van der Waals surface area contributed by atoms with E-state index in [9.17, 15) is 8.42 Å². The Morgan fingerprint density at radius 3 is 2.24 bits per heavy atom. The van der Waals surface area contributed by atoms with Gasteiger partial charge >= 0.3 is 0 Å². The van der Waals surface area contributed by atoms with E-state index in [2.05, 4.69) is 32.4 Å². The van der Waals surface area contributed by atoms with Crippen LogP contribution in [0.2, 0.25) is 0 Å². The number of nitrogens with one attached hydrogen (secondary N) is 1. The van der Waals surface area contributed by atoms with Gasteiger partial charge in [0.15, 0.2) is 0 Å². The Morgan fingerprint density at radius 1 is 1.14 bits per heavy atom. The van der Waals surface area contributed by atoms with E-state index in [0.717, 1.165) is 0 Å². The topological polar surface area (TPSA) is 70.0 Å². The first-order valence-corrected chi connectivity index (χ1v) is 8.87. The molecule has 0 radical (unpaired) electrons. The van der Waals surface area contributed by atoms with Crippen molar-refractivity contribution in [2.75, 3.05) is 6.54 Å². The molecule has 1 aromatic rings. The fraction of sp³-hybridized carbons (Fsp3) is 0.562. The van der Waals surface area contributed by atoms with Crippen LogP contribution in [0.1, 0.15) is 38.8 Å². The van der Waals surface area contributed by atoms with Crippen LogP contribution in [-0.2, 0) is 15.8 Å². The van der Waals surface area contributed by atoms with Crippen LogP contribution >= 0.6 is 0 Å². The van der Waals surface area contributed by atoms with Crippen LogP contribution < -0.4 is 4.72 Å². The maximum atomic E-state index is 12.2. The molecule has 0 fully saturated rings. The van der Waals surface area contributed by atoms with Gasteiger partial charge in [-0.3, -0.25) is 0 Å². The molecule has 1 rings (SSSR count). The van der Waals surface area contributed by atoms with Gasteiger partial charge in [0.2, 0.25) is 10.0 Å². The number of sulfonamides is 1. The van der Waals surface area contributed by atoms with Crippen molar-refractivity contribution in [3.63, 3.8) is 0 Å². The molecular formula is C16H24N2O2S. The van der Waals surface area contributed by atoms with Crippen LogP contribution in [0.3, 0.4) is 0 Å². The van der Waals surface area contributed by atoms with E-state index in [-0.39, 0.29) is 5.75 Å². The molecule has 5 heteroatoms. The normalized spacial score (nSPS) is 12.1. The minimum absolute atomic E-state index is 0.153. The minimum Gasteiger partial charge on any atom is -0.215 e. The molecule has 0 heterocycles. The van der Waals surface area contributed by atoms with E-state index < -0.39 is 10.0 Å². The number of nitrogens with zero attached hydrogens (tertiary/aromatic N) is 1. The summed E-state index contributed by atoms with van der Waals surface area (Å²) in [5.74, 6) is 0.976. The Morgan fingerprint density at radius 2 is 1.71 bits per heavy atom. The molecular weight excluding hydrogens is 284 g/mol. The first kappa shape index (κ1) is 17.7. The van der Waals surface area contributed by atoms with Crippen molar-refractivity contribution in [3.8, 4) is 6.07 Å². The maximum Gasteiger partial charge on any atom is 0.215 e. The lowest BCUT2D eigenvalue weighted by molar-refractivity contribution is 0.289. The predicted octanol–water partition coefficient (Wildman–Crippen LogP) is 2.91. The maximum absolute atomic E-state index is 12.2. The second kappa shape index (κ2) is 7.58. The number of nitriles is 1. The summed E-state index contributed by atoms with van der Waals surface area (Å²) < 4.78 is 27.1. The van der Waals surface area contributed by atoms with Crippen molar-refractivity contribution in [1.82, 2.24) is 4.72 Å². The second-order valence-corrected chi connectivity index (χ2v) is 7.84. The molecule has 0 amide bonds. The first-order valence-electron chi connectivity index (χ1n) is 7.22. The van der Waals surface area contributed by atoms with Gasteiger partial charge < -0.3 is 0 Å². The highest BCUT2D eigenvalue weighted by Crippen LogP contribution is 2.20. The molecule has 1 N–H and O–H groups in total. The van der Waals surface area contributed by atoms with Gasteiger partial charge in [0.05, 0.1) is 17.4 Å². The van der Waals surface area contributed by atoms with Gasteiger partial charge in [-0.1, -0.05) is 45.9 Å². The van der Waals surface area contributed by atoms with Crippen molar-refractivity contribution in [2.24, 2.45) is 17.8 Å². The van der Waals surface area contributed by atoms with Crippen molar-refractivity contribution in [2.45, 2.75) is 33.4 Å². The highest BCUT2D eigenvalue weighted by molar-refractivity contribution is 7.88. The van der Waals surface area contributed by atoms with E-state index in [1.807, 2.05) is 6.07 Å². The summed E-state index contributed by atoms with van der Waals surface area (Å²) in [6.07, 6.45) is 0. The second-order valence-electron chi connectivity index (χ2n) is 6.03. The van der Waals surface area contributed by atoms with Crippen molar-refractivity contribution >= 4 is 10.0 Å². The summed E-state index contributed by atoms with van der Waals surface area (Å²) in [6.45, 7) is 8.84. The molecule has 0 spiro atoms. The lowest BCUT2D eigenvalue weighted by atomic mass is 9.86. The molecule has 0 aliphatic carbocycles. The number of benzene rings is 1. The summed E-state index contributed by atoms with van der Waals surface area (Å²) in [7, 11) is -3.43. The summed E-state index contributed by atoms with van der Waals surface area (Å²) >= 11 is 0. The fourth-order valence-electron chi connectivity index (χ4n) is 2.48. The third-order valence-corrected chi connectivity index (χ3v) is 5.03. The van der Waals surface area contributed by atoms with Gasteiger partial charge in [0, 0.05) is 6.54 Å². The molecule has 1 aromatic carbocycles. The largest absolute Gasteiger partial charge is 0.215 e. The van der Waals surface area contributed by atoms with Gasteiger partial charge in [0.25, 0.3) is 0 Å². The van der Waals surface area contributed by atoms with E-state index in [0.29, 0.717) is 35.4 Å².